The van der Waals surface area contributed by atoms with Crippen molar-refractivity contribution in [2.24, 2.45) is 0 Å². The molecule has 2 heteroatoms. The summed E-state index contributed by atoms with van der Waals surface area (Å²) in [5, 5.41) is 3.55. The highest BCUT2D eigenvalue weighted by molar-refractivity contribution is 8.03. The summed E-state index contributed by atoms with van der Waals surface area (Å²) in [5.41, 5.74) is 1.57. The molecule has 1 nitrogen and oxygen atoms in total. The molecule has 0 saturated carbocycles. The zero-order chi connectivity index (χ0) is 8.23. The fourth-order valence-corrected chi connectivity index (χ4v) is 3.04. The summed E-state index contributed by atoms with van der Waals surface area (Å²) in [5.74, 6) is 1.28. The Morgan fingerprint density at radius 2 is 1.83 bits per heavy atom. The van der Waals surface area contributed by atoms with Gasteiger partial charge in [-0.3, -0.25) is 0 Å². The molecule has 0 unspecified atom stereocenters. The van der Waals surface area contributed by atoms with Crippen molar-refractivity contribution in [2.45, 2.75) is 38.5 Å². The molecule has 2 aliphatic rings. The number of hydrogen-bond donors (Lipinski definition) is 1. The van der Waals surface area contributed by atoms with Crippen LogP contribution in [0.2, 0.25) is 0 Å². The summed E-state index contributed by atoms with van der Waals surface area (Å²) in [6, 6.07) is 0. The normalized spacial score (nSPS) is 25.3. The van der Waals surface area contributed by atoms with Crippen molar-refractivity contribution in [1.29, 1.82) is 0 Å². The molecule has 0 spiro atoms. The molecule has 2 rings (SSSR count). The first kappa shape index (κ1) is 8.49. The lowest BCUT2D eigenvalue weighted by Gasteiger charge is -2.23. The van der Waals surface area contributed by atoms with Crippen LogP contribution in [0.3, 0.4) is 0 Å². The van der Waals surface area contributed by atoms with E-state index in [9.17, 15) is 0 Å². The van der Waals surface area contributed by atoms with E-state index in [0.29, 0.717) is 0 Å². The minimum atomic E-state index is 1.18. The van der Waals surface area contributed by atoms with E-state index in [2.05, 4.69) is 17.1 Å². The standard InChI is InChI=1S/C10H17NS/c1-2-4-6-10-9(5-3-1)11-7-8-12-10/h11H,1-8H2. The number of rotatable bonds is 0. The van der Waals surface area contributed by atoms with Crippen LogP contribution >= 0.6 is 11.8 Å². The van der Waals surface area contributed by atoms with Gasteiger partial charge < -0.3 is 5.32 Å². The molecular weight excluding hydrogens is 166 g/mol. The lowest BCUT2D eigenvalue weighted by molar-refractivity contribution is 0.596. The highest BCUT2D eigenvalue weighted by Crippen LogP contribution is 2.31. The summed E-state index contributed by atoms with van der Waals surface area (Å²) in [7, 11) is 0. The Bertz CT molecular complexity index is 166. The van der Waals surface area contributed by atoms with Crippen LogP contribution < -0.4 is 5.32 Å². The Morgan fingerprint density at radius 3 is 2.75 bits per heavy atom. The second-order valence-corrected chi connectivity index (χ2v) is 4.78. The zero-order valence-electron chi connectivity index (χ0n) is 7.57. The number of thioether (sulfide) groups is 1. The fourth-order valence-electron chi connectivity index (χ4n) is 1.95. The van der Waals surface area contributed by atoms with Crippen LogP contribution in [0.25, 0.3) is 0 Å². The van der Waals surface area contributed by atoms with E-state index in [1.807, 2.05) is 0 Å². The Hall–Kier alpha value is -0.110. The van der Waals surface area contributed by atoms with Gasteiger partial charge in [0.05, 0.1) is 0 Å². The average Bonchev–Trinajstić information content (AvgIpc) is 2.06. The molecule has 1 heterocycles. The third-order valence-corrected chi connectivity index (χ3v) is 3.84. The van der Waals surface area contributed by atoms with Gasteiger partial charge in [0.1, 0.15) is 0 Å². The van der Waals surface area contributed by atoms with Crippen LogP contribution in [0.15, 0.2) is 10.6 Å². The van der Waals surface area contributed by atoms with Gasteiger partial charge >= 0.3 is 0 Å². The van der Waals surface area contributed by atoms with E-state index in [1.165, 1.54) is 50.8 Å². The number of hydrogen-bond acceptors (Lipinski definition) is 2. The summed E-state index contributed by atoms with van der Waals surface area (Å²) in [6.07, 6.45) is 8.33. The Balaban J connectivity index is 2.06. The minimum absolute atomic E-state index is 1.18. The molecule has 1 N–H and O–H groups in total. The lowest BCUT2D eigenvalue weighted by atomic mass is 10.0. The number of allylic oxidation sites excluding steroid dienone is 2. The van der Waals surface area contributed by atoms with E-state index in [4.69, 9.17) is 0 Å². The van der Waals surface area contributed by atoms with Crippen molar-refractivity contribution in [3.8, 4) is 0 Å². The van der Waals surface area contributed by atoms with E-state index < -0.39 is 0 Å². The topological polar surface area (TPSA) is 12.0 Å². The van der Waals surface area contributed by atoms with Gasteiger partial charge in [0.2, 0.25) is 0 Å². The Morgan fingerprint density at radius 1 is 1.00 bits per heavy atom. The van der Waals surface area contributed by atoms with Gasteiger partial charge in [0, 0.05) is 22.9 Å². The van der Waals surface area contributed by atoms with Crippen molar-refractivity contribution in [3.63, 3.8) is 0 Å². The van der Waals surface area contributed by atoms with Crippen LogP contribution in [0.1, 0.15) is 38.5 Å². The smallest absolute Gasteiger partial charge is 0.0238 e. The molecular formula is C10H17NS. The van der Waals surface area contributed by atoms with Crippen LogP contribution in [0.5, 0.6) is 0 Å². The van der Waals surface area contributed by atoms with Crippen LogP contribution in [0.4, 0.5) is 0 Å². The minimum Gasteiger partial charge on any atom is -0.387 e. The average molecular weight is 183 g/mol. The molecule has 12 heavy (non-hydrogen) atoms. The molecule has 0 aromatic carbocycles. The largest absolute Gasteiger partial charge is 0.387 e. The van der Waals surface area contributed by atoms with Gasteiger partial charge in [-0.1, -0.05) is 12.8 Å². The first-order chi connectivity index (χ1) is 5.97. The van der Waals surface area contributed by atoms with E-state index in [-0.39, 0.29) is 0 Å². The molecule has 0 radical (unpaired) electrons. The third kappa shape index (κ3) is 1.98. The molecule has 1 aliphatic heterocycles. The molecule has 0 aromatic heterocycles. The molecule has 0 bridgehead atoms. The highest BCUT2D eigenvalue weighted by atomic mass is 32.2. The first-order valence-corrected chi connectivity index (χ1v) is 6.04. The maximum Gasteiger partial charge on any atom is 0.0238 e. The molecule has 0 saturated heterocycles. The van der Waals surface area contributed by atoms with Gasteiger partial charge in [-0.2, -0.15) is 0 Å². The van der Waals surface area contributed by atoms with E-state index >= 15 is 0 Å². The van der Waals surface area contributed by atoms with Crippen LogP contribution in [0, 0.1) is 0 Å². The maximum atomic E-state index is 3.55. The van der Waals surface area contributed by atoms with Gasteiger partial charge in [0.15, 0.2) is 0 Å². The van der Waals surface area contributed by atoms with Crippen molar-refractivity contribution in [3.05, 3.63) is 10.6 Å². The summed E-state index contributed by atoms with van der Waals surface area (Å²) >= 11 is 2.09. The zero-order valence-corrected chi connectivity index (χ0v) is 8.38. The quantitative estimate of drug-likeness (QED) is 0.620. The predicted molar refractivity (Wildman–Crippen MR) is 55.2 cm³/mol. The highest BCUT2D eigenvalue weighted by Gasteiger charge is 2.13. The van der Waals surface area contributed by atoms with Crippen molar-refractivity contribution < 1.29 is 0 Å². The summed E-state index contributed by atoms with van der Waals surface area (Å²) in [4.78, 5) is 1.67. The molecule has 0 aromatic rings. The van der Waals surface area contributed by atoms with Gasteiger partial charge in [-0.15, -0.1) is 11.8 Å². The molecule has 0 fully saturated rings. The first-order valence-electron chi connectivity index (χ1n) is 5.05. The lowest BCUT2D eigenvalue weighted by Crippen LogP contribution is -2.22. The monoisotopic (exact) mass is 183 g/mol. The van der Waals surface area contributed by atoms with Crippen LogP contribution in [-0.4, -0.2) is 12.3 Å². The second kappa shape index (κ2) is 4.22. The van der Waals surface area contributed by atoms with Crippen molar-refractivity contribution in [2.75, 3.05) is 12.3 Å². The van der Waals surface area contributed by atoms with Gasteiger partial charge in [-0.25, -0.2) is 0 Å². The Labute approximate surface area is 79.0 Å². The predicted octanol–water partition coefficient (Wildman–Crippen LogP) is 2.89. The number of nitrogens with one attached hydrogen (secondary N) is 1. The SMILES string of the molecule is C1CCCC2=C(CC1)NCCS2. The molecule has 68 valence electrons. The van der Waals surface area contributed by atoms with E-state index in [1.54, 1.807) is 10.6 Å². The molecule has 0 amide bonds. The molecule has 1 aliphatic carbocycles. The Kier molecular flexibility index (Phi) is 2.98. The van der Waals surface area contributed by atoms with Gasteiger partial charge in [0.25, 0.3) is 0 Å². The fraction of sp³-hybridized carbons (Fsp3) is 0.800. The van der Waals surface area contributed by atoms with Gasteiger partial charge in [-0.05, 0) is 25.7 Å². The third-order valence-electron chi connectivity index (χ3n) is 2.63. The van der Waals surface area contributed by atoms with Crippen molar-refractivity contribution >= 4 is 11.8 Å². The van der Waals surface area contributed by atoms with Crippen molar-refractivity contribution in [1.82, 2.24) is 5.32 Å². The summed E-state index contributed by atoms with van der Waals surface area (Å²) < 4.78 is 0. The maximum absolute atomic E-state index is 3.55. The van der Waals surface area contributed by atoms with E-state index in [0.717, 1.165) is 0 Å². The second-order valence-electron chi connectivity index (χ2n) is 3.59. The van der Waals surface area contributed by atoms with Crippen LogP contribution in [-0.2, 0) is 0 Å². The molecule has 0 atom stereocenters. The summed E-state index contributed by atoms with van der Waals surface area (Å²) in [6.45, 7) is 1.18.